The van der Waals surface area contributed by atoms with Crippen LogP contribution in [0.25, 0.3) is 5.70 Å². The summed E-state index contributed by atoms with van der Waals surface area (Å²) in [4.78, 5) is 0. The summed E-state index contributed by atoms with van der Waals surface area (Å²) in [7, 11) is 0. The first-order chi connectivity index (χ1) is 8.58. The van der Waals surface area contributed by atoms with Crippen LogP contribution in [0.1, 0.15) is 38.2 Å². The van der Waals surface area contributed by atoms with Crippen LogP contribution in [0, 0.1) is 17.6 Å². The van der Waals surface area contributed by atoms with Crippen LogP contribution in [0.15, 0.2) is 24.8 Å². The SMILES string of the molecule is C=C(NC1CCCCC1C)c1ccc(F)c(F)c1. The first-order valence-electron chi connectivity index (χ1n) is 6.49. The van der Waals surface area contributed by atoms with Crippen LogP contribution in [0.2, 0.25) is 0 Å². The van der Waals surface area contributed by atoms with E-state index in [1.54, 1.807) is 6.07 Å². The lowest BCUT2D eigenvalue weighted by Crippen LogP contribution is -2.35. The van der Waals surface area contributed by atoms with E-state index in [9.17, 15) is 8.78 Å². The molecule has 0 bridgehead atoms. The highest BCUT2D eigenvalue weighted by molar-refractivity contribution is 5.61. The standard InChI is InChI=1S/C15H19F2N/c1-10-5-3-4-6-15(10)18-11(2)12-7-8-13(16)14(17)9-12/h7-10,15,18H,2-6H2,1H3. The summed E-state index contributed by atoms with van der Waals surface area (Å²) < 4.78 is 26.0. The summed E-state index contributed by atoms with van der Waals surface area (Å²) in [5, 5.41) is 3.35. The Morgan fingerprint density at radius 3 is 2.61 bits per heavy atom. The Balaban J connectivity index is 2.04. The Morgan fingerprint density at radius 2 is 1.94 bits per heavy atom. The highest BCUT2D eigenvalue weighted by Crippen LogP contribution is 2.26. The maximum absolute atomic E-state index is 13.2. The van der Waals surface area contributed by atoms with E-state index in [4.69, 9.17) is 0 Å². The van der Waals surface area contributed by atoms with E-state index in [2.05, 4.69) is 18.8 Å². The van der Waals surface area contributed by atoms with E-state index in [0.29, 0.717) is 23.2 Å². The van der Waals surface area contributed by atoms with Crippen LogP contribution in [0.4, 0.5) is 8.78 Å². The van der Waals surface area contributed by atoms with Crippen molar-refractivity contribution in [3.05, 3.63) is 42.0 Å². The maximum atomic E-state index is 13.2. The van der Waals surface area contributed by atoms with Gasteiger partial charge in [-0.2, -0.15) is 0 Å². The van der Waals surface area contributed by atoms with Crippen molar-refractivity contribution >= 4 is 5.70 Å². The smallest absolute Gasteiger partial charge is 0.159 e. The summed E-state index contributed by atoms with van der Waals surface area (Å²) in [5.74, 6) is -1.05. The van der Waals surface area contributed by atoms with Crippen LogP contribution >= 0.6 is 0 Å². The minimum atomic E-state index is -0.827. The highest BCUT2D eigenvalue weighted by atomic mass is 19.2. The molecule has 2 unspecified atom stereocenters. The molecule has 1 aromatic rings. The van der Waals surface area contributed by atoms with Gasteiger partial charge < -0.3 is 5.32 Å². The summed E-state index contributed by atoms with van der Waals surface area (Å²) in [6.45, 7) is 6.14. The van der Waals surface area contributed by atoms with Crippen molar-refractivity contribution in [3.63, 3.8) is 0 Å². The predicted molar refractivity (Wildman–Crippen MR) is 69.9 cm³/mol. The summed E-state index contributed by atoms with van der Waals surface area (Å²) in [6, 6.07) is 4.28. The van der Waals surface area contributed by atoms with Crippen molar-refractivity contribution in [1.82, 2.24) is 5.32 Å². The average molecular weight is 251 g/mol. The topological polar surface area (TPSA) is 12.0 Å². The molecule has 18 heavy (non-hydrogen) atoms. The molecular formula is C15H19F2N. The lowest BCUT2D eigenvalue weighted by molar-refractivity contribution is 0.305. The van der Waals surface area contributed by atoms with Crippen LogP contribution in [0.3, 0.4) is 0 Å². The Labute approximate surface area is 107 Å². The van der Waals surface area contributed by atoms with E-state index < -0.39 is 11.6 Å². The third-order valence-electron chi connectivity index (χ3n) is 3.74. The molecule has 1 fully saturated rings. The zero-order chi connectivity index (χ0) is 13.1. The van der Waals surface area contributed by atoms with Crippen LogP contribution in [-0.2, 0) is 0 Å². The van der Waals surface area contributed by atoms with Crippen molar-refractivity contribution in [2.45, 2.75) is 38.6 Å². The second-order valence-corrected chi connectivity index (χ2v) is 5.12. The van der Waals surface area contributed by atoms with Crippen LogP contribution in [0.5, 0.6) is 0 Å². The highest BCUT2D eigenvalue weighted by Gasteiger charge is 2.21. The van der Waals surface area contributed by atoms with E-state index in [1.807, 2.05) is 0 Å². The number of benzene rings is 1. The molecule has 0 amide bonds. The lowest BCUT2D eigenvalue weighted by Gasteiger charge is -2.31. The number of rotatable bonds is 3. The molecule has 0 heterocycles. The molecule has 1 aliphatic carbocycles. The molecule has 1 saturated carbocycles. The number of halogens is 2. The quantitative estimate of drug-likeness (QED) is 0.852. The van der Waals surface area contributed by atoms with Gasteiger partial charge in [-0.05, 0) is 37.0 Å². The van der Waals surface area contributed by atoms with Crippen LogP contribution in [-0.4, -0.2) is 6.04 Å². The number of hydrogen-bond donors (Lipinski definition) is 1. The van der Waals surface area contributed by atoms with E-state index in [-0.39, 0.29) is 0 Å². The maximum Gasteiger partial charge on any atom is 0.159 e. The Kier molecular flexibility index (Phi) is 4.00. The van der Waals surface area contributed by atoms with Gasteiger partial charge in [0.1, 0.15) is 0 Å². The number of hydrogen-bond acceptors (Lipinski definition) is 1. The minimum Gasteiger partial charge on any atom is -0.382 e. The fourth-order valence-electron chi connectivity index (χ4n) is 2.52. The molecule has 2 atom stereocenters. The zero-order valence-electron chi connectivity index (χ0n) is 10.7. The number of nitrogens with one attached hydrogen (secondary N) is 1. The Bertz CT molecular complexity index is 442. The van der Waals surface area contributed by atoms with Crippen molar-refractivity contribution in [3.8, 4) is 0 Å². The molecule has 1 aliphatic rings. The fourth-order valence-corrected chi connectivity index (χ4v) is 2.52. The molecule has 2 rings (SSSR count). The van der Waals surface area contributed by atoms with Crippen molar-refractivity contribution in [2.75, 3.05) is 0 Å². The zero-order valence-corrected chi connectivity index (χ0v) is 10.7. The van der Waals surface area contributed by atoms with Gasteiger partial charge in [-0.15, -0.1) is 0 Å². The molecule has 1 aromatic carbocycles. The van der Waals surface area contributed by atoms with Gasteiger partial charge in [-0.3, -0.25) is 0 Å². The second kappa shape index (κ2) is 5.51. The molecule has 3 heteroatoms. The van der Waals surface area contributed by atoms with Gasteiger partial charge in [0.05, 0.1) is 0 Å². The van der Waals surface area contributed by atoms with Gasteiger partial charge in [-0.25, -0.2) is 8.78 Å². The average Bonchev–Trinajstić information content (AvgIpc) is 2.35. The van der Waals surface area contributed by atoms with Crippen molar-refractivity contribution in [2.24, 2.45) is 5.92 Å². The van der Waals surface area contributed by atoms with E-state index >= 15 is 0 Å². The molecule has 1 N–H and O–H groups in total. The van der Waals surface area contributed by atoms with Crippen LogP contribution < -0.4 is 5.32 Å². The summed E-state index contributed by atoms with van der Waals surface area (Å²) in [6.07, 6.45) is 4.82. The normalized spacial score (nSPS) is 23.7. The predicted octanol–water partition coefficient (Wildman–Crippen LogP) is 4.10. The van der Waals surface area contributed by atoms with Gasteiger partial charge in [0.25, 0.3) is 0 Å². The molecule has 0 radical (unpaired) electrons. The summed E-state index contributed by atoms with van der Waals surface area (Å²) >= 11 is 0. The first-order valence-corrected chi connectivity index (χ1v) is 6.49. The molecule has 98 valence electrons. The largest absolute Gasteiger partial charge is 0.382 e. The Hall–Kier alpha value is -1.38. The molecular weight excluding hydrogens is 232 g/mol. The van der Waals surface area contributed by atoms with Gasteiger partial charge in [0.2, 0.25) is 0 Å². The fraction of sp³-hybridized carbons (Fsp3) is 0.467. The molecule has 0 saturated heterocycles. The van der Waals surface area contributed by atoms with Gasteiger partial charge in [0.15, 0.2) is 11.6 Å². The molecule has 0 aromatic heterocycles. The second-order valence-electron chi connectivity index (χ2n) is 5.12. The minimum absolute atomic E-state index is 0.388. The molecule has 1 nitrogen and oxygen atoms in total. The molecule has 0 spiro atoms. The first kappa shape index (κ1) is 13.1. The Morgan fingerprint density at radius 1 is 1.22 bits per heavy atom. The van der Waals surface area contributed by atoms with Gasteiger partial charge in [0, 0.05) is 17.3 Å². The van der Waals surface area contributed by atoms with E-state index in [0.717, 1.165) is 12.5 Å². The molecule has 0 aliphatic heterocycles. The van der Waals surface area contributed by atoms with Gasteiger partial charge in [-0.1, -0.05) is 26.3 Å². The summed E-state index contributed by atoms with van der Waals surface area (Å²) in [5.41, 5.74) is 1.29. The monoisotopic (exact) mass is 251 g/mol. The van der Waals surface area contributed by atoms with E-state index in [1.165, 1.54) is 25.3 Å². The third-order valence-corrected chi connectivity index (χ3v) is 3.74. The lowest BCUT2D eigenvalue weighted by atomic mass is 9.85. The van der Waals surface area contributed by atoms with Gasteiger partial charge >= 0.3 is 0 Å². The van der Waals surface area contributed by atoms with Crippen molar-refractivity contribution < 1.29 is 8.78 Å². The third kappa shape index (κ3) is 2.89. The van der Waals surface area contributed by atoms with Crippen molar-refractivity contribution in [1.29, 1.82) is 0 Å².